The first-order valence-electron chi connectivity index (χ1n) is 6.92. The van der Waals surface area contributed by atoms with E-state index < -0.39 is 0 Å². The van der Waals surface area contributed by atoms with E-state index >= 15 is 0 Å². The Bertz CT molecular complexity index is 337. The summed E-state index contributed by atoms with van der Waals surface area (Å²) in [6.07, 6.45) is 1.25. The quantitative estimate of drug-likeness (QED) is 0.871. The van der Waals surface area contributed by atoms with Gasteiger partial charge in [0.2, 0.25) is 0 Å². The highest BCUT2D eigenvalue weighted by atomic mass is 15.2. The maximum Gasteiger partial charge on any atom is 0.0473 e. The molecule has 0 bridgehead atoms. The van der Waals surface area contributed by atoms with E-state index in [2.05, 4.69) is 59.5 Å². The number of hydrogen-bond donors (Lipinski definition) is 1. The predicted molar refractivity (Wildman–Crippen MR) is 76.8 cm³/mol. The average molecular weight is 247 g/mol. The van der Waals surface area contributed by atoms with E-state index in [1.807, 2.05) is 0 Å². The normalized spacial score (nSPS) is 22.1. The van der Waals surface area contributed by atoms with Gasteiger partial charge in [0.05, 0.1) is 0 Å². The molecule has 1 aliphatic heterocycles. The van der Waals surface area contributed by atoms with Gasteiger partial charge in [0, 0.05) is 32.2 Å². The van der Waals surface area contributed by atoms with Crippen LogP contribution in [0.4, 0.5) is 0 Å². The number of nitrogens with one attached hydrogen (secondary N) is 1. The summed E-state index contributed by atoms with van der Waals surface area (Å²) in [5.41, 5.74) is 1.44. The van der Waals surface area contributed by atoms with E-state index in [-0.39, 0.29) is 0 Å². The maximum absolute atomic E-state index is 3.56. The molecule has 3 heteroatoms. The van der Waals surface area contributed by atoms with Crippen molar-refractivity contribution in [3.63, 3.8) is 0 Å². The van der Waals surface area contributed by atoms with Crippen LogP contribution in [0, 0.1) is 0 Å². The van der Waals surface area contributed by atoms with E-state index in [4.69, 9.17) is 0 Å². The molecule has 0 aromatic heterocycles. The third-order valence-corrected chi connectivity index (χ3v) is 3.60. The minimum Gasteiger partial charge on any atom is -0.315 e. The zero-order valence-corrected chi connectivity index (χ0v) is 11.6. The van der Waals surface area contributed by atoms with Crippen LogP contribution in [0.5, 0.6) is 0 Å². The molecule has 1 saturated heterocycles. The van der Waals surface area contributed by atoms with Crippen LogP contribution >= 0.6 is 0 Å². The molecule has 2 rings (SSSR count). The second kappa shape index (κ2) is 6.88. The lowest BCUT2D eigenvalue weighted by Gasteiger charge is -2.31. The molecule has 1 unspecified atom stereocenters. The molecule has 1 aliphatic rings. The van der Waals surface area contributed by atoms with Crippen molar-refractivity contribution in [2.24, 2.45) is 0 Å². The molecule has 0 spiro atoms. The van der Waals surface area contributed by atoms with Crippen LogP contribution in [-0.4, -0.2) is 56.6 Å². The highest BCUT2D eigenvalue weighted by Gasteiger charge is 2.21. The molecule has 0 radical (unpaired) electrons. The van der Waals surface area contributed by atoms with Crippen LogP contribution in [0.2, 0.25) is 0 Å². The topological polar surface area (TPSA) is 18.5 Å². The maximum atomic E-state index is 3.56. The highest BCUT2D eigenvalue weighted by Crippen LogP contribution is 2.21. The van der Waals surface area contributed by atoms with Gasteiger partial charge in [-0.25, -0.2) is 0 Å². The second-order valence-electron chi connectivity index (χ2n) is 5.32. The minimum absolute atomic E-state index is 0.522. The minimum atomic E-state index is 0.522. The van der Waals surface area contributed by atoms with Gasteiger partial charge in [0.15, 0.2) is 0 Å². The molecule has 1 atom stereocenters. The Labute approximate surface area is 111 Å². The van der Waals surface area contributed by atoms with Crippen molar-refractivity contribution in [2.45, 2.75) is 12.5 Å². The summed E-state index contributed by atoms with van der Waals surface area (Å²) in [4.78, 5) is 4.88. The van der Waals surface area contributed by atoms with Crippen LogP contribution in [0.3, 0.4) is 0 Å². The third-order valence-electron chi connectivity index (χ3n) is 3.60. The number of rotatable bonds is 4. The lowest BCUT2D eigenvalue weighted by molar-refractivity contribution is 0.190. The Morgan fingerprint density at radius 3 is 2.78 bits per heavy atom. The number of nitrogens with zero attached hydrogens (tertiary/aromatic N) is 2. The van der Waals surface area contributed by atoms with E-state index in [1.165, 1.54) is 18.5 Å². The fourth-order valence-electron chi connectivity index (χ4n) is 2.53. The van der Waals surface area contributed by atoms with Crippen LogP contribution in [-0.2, 0) is 0 Å². The third kappa shape index (κ3) is 3.80. The molecule has 100 valence electrons. The van der Waals surface area contributed by atoms with Crippen LogP contribution in [0.1, 0.15) is 18.0 Å². The fraction of sp³-hybridized carbons (Fsp3) is 0.600. The molecule has 0 amide bonds. The van der Waals surface area contributed by atoms with Crippen molar-refractivity contribution < 1.29 is 0 Å². The van der Waals surface area contributed by atoms with Crippen molar-refractivity contribution in [3.05, 3.63) is 35.9 Å². The summed E-state index contributed by atoms with van der Waals surface area (Å²) in [5, 5.41) is 3.56. The standard InChI is InChI=1S/C15H25N3/c1-17(2)11-12-18-10-6-9-16-13-15(18)14-7-4-3-5-8-14/h3-5,7-8,15-16H,6,9-13H2,1-2H3. The van der Waals surface area contributed by atoms with Gasteiger partial charge in [0.25, 0.3) is 0 Å². The summed E-state index contributed by atoms with van der Waals surface area (Å²) in [7, 11) is 4.29. The lowest BCUT2D eigenvalue weighted by Crippen LogP contribution is -2.37. The first-order valence-corrected chi connectivity index (χ1v) is 6.92. The molecule has 1 fully saturated rings. The molecule has 1 heterocycles. The first-order chi connectivity index (χ1) is 8.77. The van der Waals surface area contributed by atoms with Crippen LogP contribution in [0.15, 0.2) is 30.3 Å². The van der Waals surface area contributed by atoms with E-state index in [0.29, 0.717) is 6.04 Å². The molecule has 1 N–H and O–H groups in total. The molecule has 1 aromatic carbocycles. The molecular formula is C15H25N3. The van der Waals surface area contributed by atoms with Gasteiger partial charge in [-0.1, -0.05) is 30.3 Å². The number of benzene rings is 1. The number of hydrogen-bond acceptors (Lipinski definition) is 3. The molecule has 3 nitrogen and oxygen atoms in total. The molecule has 0 saturated carbocycles. The van der Waals surface area contributed by atoms with Gasteiger partial charge in [-0.2, -0.15) is 0 Å². The van der Waals surface area contributed by atoms with Gasteiger partial charge in [0.1, 0.15) is 0 Å². The Morgan fingerprint density at radius 2 is 2.06 bits per heavy atom. The van der Waals surface area contributed by atoms with Crippen molar-refractivity contribution in [2.75, 3.05) is 46.8 Å². The number of likely N-dealkylation sites (N-methyl/N-ethyl adjacent to an activating group) is 1. The molecule has 0 aliphatic carbocycles. The summed E-state index contributed by atoms with van der Waals surface area (Å²) in [5.74, 6) is 0. The van der Waals surface area contributed by atoms with Crippen molar-refractivity contribution in [1.82, 2.24) is 15.1 Å². The molecule has 1 aromatic rings. The molecular weight excluding hydrogens is 222 g/mol. The molecule has 18 heavy (non-hydrogen) atoms. The summed E-state index contributed by atoms with van der Waals surface area (Å²) >= 11 is 0. The Kier molecular flexibility index (Phi) is 5.17. The Hall–Kier alpha value is -0.900. The van der Waals surface area contributed by atoms with Gasteiger partial charge >= 0.3 is 0 Å². The lowest BCUT2D eigenvalue weighted by atomic mass is 10.1. The summed E-state index contributed by atoms with van der Waals surface area (Å²) in [6, 6.07) is 11.4. The van der Waals surface area contributed by atoms with E-state index in [1.54, 1.807) is 0 Å². The van der Waals surface area contributed by atoms with Gasteiger partial charge in [-0.3, -0.25) is 4.90 Å². The van der Waals surface area contributed by atoms with E-state index in [0.717, 1.165) is 26.2 Å². The largest absolute Gasteiger partial charge is 0.315 e. The second-order valence-corrected chi connectivity index (χ2v) is 5.32. The first kappa shape index (κ1) is 13.5. The van der Waals surface area contributed by atoms with Crippen molar-refractivity contribution in [1.29, 1.82) is 0 Å². The average Bonchev–Trinajstić information content (AvgIpc) is 2.62. The van der Waals surface area contributed by atoms with Gasteiger partial charge < -0.3 is 10.2 Å². The van der Waals surface area contributed by atoms with E-state index in [9.17, 15) is 0 Å². The van der Waals surface area contributed by atoms with Gasteiger partial charge in [-0.05, 0) is 32.6 Å². The van der Waals surface area contributed by atoms with Crippen molar-refractivity contribution in [3.8, 4) is 0 Å². The summed E-state index contributed by atoms with van der Waals surface area (Å²) < 4.78 is 0. The zero-order valence-electron chi connectivity index (χ0n) is 11.6. The van der Waals surface area contributed by atoms with Gasteiger partial charge in [-0.15, -0.1) is 0 Å². The highest BCUT2D eigenvalue weighted by molar-refractivity contribution is 5.19. The van der Waals surface area contributed by atoms with Crippen molar-refractivity contribution >= 4 is 0 Å². The zero-order chi connectivity index (χ0) is 12.8. The monoisotopic (exact) mass is 247 g/mol. The van der Waals surface area contributed by atoms with Crippen LogP contribution < -0.4 is 5.32 Å². The smallest absolute Gasteiger partial charge is 0.0473 e. The predicted octanol–water partition coefficient (Wildman–Crippen LogP) is 1.58. The van der Waals surface area contributed by atoms with Crippen LogP contribution in [0.25, 0.3) is 0 Å². The summed E-state index contributed by atoms with van der Waals surface area (Å²) in [6.45, 7) is 5.68. The fourth-order valence-corrected chi connectivity index (χ4v) is 2.53. The SMILES string of the molecule is CN(C)CCN1CCCNCC1c1ccccc1. The Morgan fingerprint density at radius 1 is 1.28 bits per heavy atom. The Balaban J connectivity index is 2.07.